The molecule has 2 aromatic carbocycles. The van der Waals surface area contributed by atoms with E-state index in [9.17, 15) is 14.7 Å². The number of benzene rings is 2. The summed E-state index contributed by atoms with van der Waals surface area (Å²) in [7, 11) is 0. The molecule has 1 N–H and O–H groups in total. The van der Waals surface area contributed by atoms with Crippen LogP contribution in [0.4, 0.5) is 0 Å². The number of aliphatic hydroxyl groups is 1. The highest BCUT2D eigenvalue weighted by Crippen LogP contribution is 2.42. The number of hydrogen-bond acceptors (Lipinski definition) is 7. The molecule has 3 heterocycles. The van der Waals surface area contributed by atoms with Gasteiger partial charge < -0.3 is 28.6 Å². The fraction of sp³-hybridized carbons (Fsp3) is 0.310. The van der Waals surface area contributed by atoms with Crippen molar-refractivity contribution >= 4 is 17.4 Å². The molecule has 2 aliphatic rings. The fourth-order valence-electron chi connectivity index (χ4n) is 4.59. The quantitative estimate of drug-likeness (QED) is 0.184. The monoisotopic (exact) mass is 503 g/mol. The largest absolute Gasteiger partial charge is 0.507 e. The van der Waals surface area contributed by atoms with Gasteiger partial charge in [-0.05, 0) is 54.4 Å². The molecule has 1 atom stereocenters. The van der Waals surface area contributed by atoms with Gasteiger partial charge in [0, 0.05) is 5.56 Å². The number of likely N-dealkylation sites (tertiary alicyclic amines) is 1. The summed E-state index contributed by atoms with van der Waals surface area (Å²) in [6.45, 7) is 3.66. The fourth-order valence-corrected chi connectivity index (χ4v) is 4.59. The second kappa shape index (κ2) is 10.8. The van der Waals surface area contributed by atoms with Crippen LogP contribution in [0.3, 0.4) is 0 Å². The van der Waals surface area contributed by atoms with E-state index in [0.717, 1.165) is 19.3 Å². The molecule has 1 saturated heterocycles. The summed E-state index contributed by atoms with van der Waals surface area (Å²) in [5.41, 5.74) is 1.04. The van der Waals surface area contributed by atoms with E-state index in [0.29, 0.717) is 54.0 Å². The zero-order chi connectivity index (χ0) is 25.8. The van der Waals surface area contributed by atoms with E-state index in [1.807, 2.05) is 24.3 Å². The maximum Gasteiger partial charge on any atom is 0.296 e. The number of furan rings is 1. The van der Waals surface area contributed by atoms with Crippen LogP contribution in [0, 0.1) is 0 Å². The lowest BCUT2D eigenvalue weighted by molar-refractivity contribution is -0.140. The SMILES string of the molecule is CCCCCOc1ccc([C@@H]2C(=C(O)c3ccc4c(c3)OCCO4)C(=O)C(=O)N2Cc2ccco2)cc1. The Balaban J connectivity index is 1.52. The number of nitrogens with zero attached hydrogens (tertiary/aromatic N) is 1. The minimum atomic E-state index is -0.813. The number of rotatable bonds is 9. The molecule has 8 heteroatoms. The van der Waals surface area contributed by atoms with Gasteiger partial charge in [0.05, 0.1) is 31.0 Å². The van der Waals surface area contributed by atoms with Gasteiger partial charge in [-0.1, -0.05) is 31.9 Å². The van der Waals surface area contributed by atoms with Crippen molar-refractivity contribution in [2.75, 3.05) is 19.8 Å². The van der Waals surface area contributed by atoms with Crippen LogP contribution in [-0.4, -0.2) is 41.5 Å². The van der Waals surface area contributed by atoms with E-state index in [1.165, 1.54) is 11.2 Å². The predicted octanol–water partition coefficient (Wildman–Crippen LogP) is 5.24. The highest BCUT2D eigenvalue weighted by Gasteiger charge is 2.46. The van der Waals surface area contributed by atoms with Gasteiger partial charge in [0.1, 0.15) is 30.5 Å². The van der Waals surface area contributed by atoms with Crippen LogP contribution in [0.5, 0.6) is 17.2 Å². The lowest BCUT2D eigenvalue weighted by atomic mass is 9.95. The Morgan fingerprint density at radius 2 is 1.81 bits per heavy atom. The van der Waals surface area contributed by atoms with Crippen LogP contribution in [0.2, 0.25) is 0 Å². The molecule has 3 aromatic rings. The third kappa shape index (κ3) is 5.05. The van der Waals surface area contributed by atoms with E-state index in [1.54, 1.807) is 30.3 Å². The van der Waals surface area contributed by atoms with E-state index in [-0.39, 0.29) is 17.9 Å². The van der Waals surface area contributed by atoms with Gasteiger partial charge in [-0.15, -0.1) is 0 Å². The number of ether oxygens (including phenoxy) is 3. The number of fused-ring (bicyclic) bond motifs is 1. The molecule has 2 aliphatic heterocycles. The molecule has 0 unspecified atom stereocenters. The molecule has 8 nitrogen and oxygen atoms in total. The minimum absolute atomic E-state index is 0.00449. The standard InChI is InChI=1S/C29H29NO7/c1-2-3-4-13-34-21-10-7-19(8-11-21)26-25(28(32)29(33)30(26)18-22-6-5-14-35-22)27(31)20-9-12-23-24(17-20)37-16-15-36-23/h5-12,14,17,26,31H,2-4,13,15-16,18H2,1H3/t26-/m1/s1. The topological polar surface area (TPSA) is 98.4 Å². The molecule has 1 amide bonds. The lowest BCUT2D eigenvalue weighted by Crippen LogP contribution is -2.29. The van der Waals surface area contributed by atoms with Crippen LogP contribution in [0.15, 0.2) is 70.9 Å². The first-order valence-electron chi connectivity index (χ1n) is 12.5. The highest BCUT2D eigenvalue weighted by atomic mass is 16.6. The number of amides is 1. The van der Waals surface area contributed by atoms with E-state index < -0.39 is 17.7 Å². The van der Waals surface area contributed by atoms with Crippen LogP contribution < -0.4 is 14.2 Å². The number of ketones is 1. The van der Waals surface area contributed by atoms with Crippen LogP contribution >= 0.6 is 0 Å². The Hall–Kier alpha value is -4.20. The van der Waals surface area contributed by atoms with Gasteiger partial charge in [0.2, 0.25) is 0 Å². The Morgan fingerprint density at radius 1 is 1.03 bits per heavy atom. The molecule has 192 valence electrons. The van der Waals surface area contributed by atoms with Crippen LogP contribution in [0.1, 0.15) is 49.1 Å². The van der Waals surface area contributed by atoms with E-state index in [2.05, 4.69) is 6.92 Å². The Labute approximate surface area is 215 Å². The Kier molecular flexibility index (Phi) is 7.16. The third-order valence-electron chi connectivity index (χ3n) is 6.47. The third-order valence-corrected chi connectivity index (χ3v) is 6.47. The van der Waals surface area contributed by atoms with Gasteiger partial charge in [0.25, 0.3) is 11.7 Å². The first-order chi connectivity index (χ1) is 18.1. The summed E-state index contributed by atoms with van der Waals surface area (Å²) in [5, 5.41) is 11.3. The van der Waals surface area contributed by atoms with Crippen LogP contribution in [-0.2, 0) is 16.1 Å². The molecule has 5 rings (SSSR count). The molecular weight excluding hydrogens is 474 g/mol. The van der Waals surface area contributed by atoms with Gasteiger partial charge >= 0.3 is 0 Å². The average molecular weight is 504 g/mol. The average Bonchev–Trinajstić information content (AvgIpc) is 3.53. The van der Waals surface area contributed by atoms with Crippen molar-refractivity contribution in [1.29, 1.82) is 0 Å². The van der Waals surface area contributed by atoms with Gasteiger partial charge in [0.15, 0.2) is 11.5 Å². The van der Waals surface area contributed by atoms with Crippen molar-refractivity contribution in [2.45, 2.75) is 38.8 Å². The summed E-state index contributed by atoms with van der Waals surface area (Å²) in [6.07, 6.45) is 4.69. The van der Waals surface area contributed by atoms with Crippen molar-refractivity contribution < 1.29 is 33.3 Å². The molecule has 0 saturated carbocycles. The Morgan fingerprint density at radius 3 is 2.54 bits per heavy atom. The maximum absolute atomic E-state index is 13.3. The molecule has 1 fully saturated rings. The van der Waals surface area contributed by atoms with Crippen molar-refractivity contribution in [2.24, 2.45) is 0 Å². The molecule has 0 aliphatic carbocycles. The Bertz CT molecular complexity index is 1290. The van der Waals surface area contributed by atoms with Crippen LogP contribution in [0.25, 0.3) is 5.76 Å². The first kappa shape index (κ1) is 24.5. The van der Waals surface area contributed by atoms with Crippen molar-refractivity contribution in [1.82, 2.24) is 4.90 Å². The summed E-state index contributed by atoms with van der Waals surface area (Å²) >= 11 is 0. The first-order valence-corrected chi connectivity index (χ1v) is 12.5. The molecule has 0 radical (unpaired) electrons. The number of carbonyl (C=O) groups is 2. The highest BCUT2D eigenvalue weighted by molar-refractivity contribution is 6.46. The maximum atomic E-state index is 13.3. The number of aliphatic hydroxyl groups excluding tert-OH is 1. The summed E-state index contributed by atoms with van der Waals surface area (Å²) in [4.78, 5) is 27.9. The number of carbonyl (C=O) groups excluding carboxylic acids is 2. The van der Waals surface area contributed by atoms with Gasteiger partial charge in [-0.3, -0.25) is 9.59 Å². The summed E-state index contributed by atoms with van der Waals surface area (Å²) in [6, 6.07) is 14.9. The van der Waals surface area contributed by atoms with Crippen molar-refractivity contribution in [3.8, 4) is 17.2 Å². The zero-order valence-electron chi connectivity index (χ0n) is 20.6. The normalized spacial score (nSPS) is 18.3. The molecule has 0 bridgehead atoms. The number of unbranched alkanes of at least 4 members (excludes halogenated alkanes) is 2. The summed E-state index contributed by atoms with van der Waals surface area (Å²) in [5.74, 6) is 0.525. The van der Waals surface area contributed by atoms with Crippen molar-refractivity contribution in [3.05, 3.63) is 83.3 Å². The molecule has 37 heavy (non-hydrogen) atoms. The molecular formula is C29H29NO7. The second-order valence-corrected chi connectivity index (χ2v) is 8.99. The number of hydrogen-bond donors (Lipinski definition) is 1. The minimum Gasteiger partial charge on any atom is -0.507 e. The van der Waals surface area contributed by atoms with Gasteiger partial charge in [-0.25, -0.2) is 0 Å². The molecule has 0 spiro atoms. The zero-order valence-corrected chi connectivity index (χ0v) is 20.6. The van der Waals surface area contributed by atoms with Crippen molar-refractivity contribution in [3.63, 3.8) is 0 Å². The summed E-state index contributed by atoms with van der Waals surface area (Å²) < 4.78 is 22.5. The van der Waals surface area contributed by atoms with E-state index in [4.69, 9.17) is 18.6 Å². The predicted molar refractivity (Wildman–Crippen MR) is 135 cm³/mol. The number of Topliss-reactive ketones (excluding diaryl/α,β-unsaturated/α-hetero) is 1. The molecule has 1 aromatic heterocycles. The van der Waals surface area contributed by atoms with E-state index >= 15 is 0 Å². The van der Waals surface area contributed by atoms with Gasteiger partial charge in [-0.2, -0.15) is 0 Å². The smallest absolute Gasteiger partial charge is 0.296 e. The second-order valence-electron chi connectivity index (χ2n) is 8.99. The lowest BCUT2D eigenvalue weighted by Gasteiger charge is -2.25.